The number of amides is 3. The lowest BCUT2D eigenvalue weighted by Crippen LogP contribution is -2.59. The second kappa shape index (κ2) is 14.8. The number of nitrogens with zero attached hydrogens (tertiary/aromatic N) is 1. The van der Waals surface area contributed by atoms with E-state index in [1.54, 1.807) is 20.0 Å². The summed E-state index contributed by atoms with van der Waals surface area (Å²) in [5.41, 5.74) is 8.52. The molecular weight excluding hydrogens is 546 g/mol. The van der Waals surface area contributed by atoms with Crippen LogP contribution in [0.5, 0.6) is 0 Å². The lowest BCUT2D eigenvalue weighted by Gasteiger charge is -2.28. The van der Waals surface area contributed by atoms with Gasteiger partial charge in [0, 0.05) is 41.8 Å². The molecule has 5 atom stereocenters. The highest BCUT2D eigenvalue weighted by Crippen LogP contribution is 2.19. The number of carbonyl (C=O) groups excluding carboxylic acids is 3. The molecule has 0 aliphatic heterocycles. The number of imidazole rings is 1. The summed E-state index contributed by atoms with van der Waals surface area (Å²) in [6, 6.07) is 2.84. The Balaban J connectivity index is 1.75. The van der Waals surface area contributed by atoms with Gasteiger partial charge in [0.05, 0.1) is 12.4 Å². The molecule has 0 fully saturated rings. The van der Waals surface area contributed by atoms with E-state index in [0.717, 1.165) is 16.5 Å². The molecule has 226 valence electrons. The van der Waals surface area contributed by atoms with Crippen LogP contribution in [0.2, 0.25) is 0 Å². The largest absolute Gasteiger partial charge is 0.481 e. The topological polar surface area (TPSA) is 232 Å². The van der Waals surface area contributed by atoms with Gasteiger partial charge in [0.1, 0.15) is 18.1 Å². The minimum Gasteiger partial charge on any atom is -0.481 e. The predicted octanol–water partition coefficient (Wildman–Crippen LogP) is 0.453. The fourth-order valence-electron chi connectivity index (χ4n) is 4.48. The van der Waals surface area contributed by atoms with Crippen LogP contribution < -0.4 is 21.7 Å². The Bertz CT molecular complexity index is 1390. The van der Waals surface area contributed by atoms with Crippen LogP contribution in [0.25, 0.3) is 10.9 Å². The monoisotopic (exact) mass is 583 g/mol. The highest BCUT2D eigenvalue weighted by Gasteiger charge is 2.33. The molecule has 3 aromatic rings. The maximum Gasteiger partial charge on any atom is 0.326 e. The lowest BCUT2D eigenvalue weighted by atomic mass is 9.96. The molecule has 0 bridgehead atoms. The Morgan fingerprint density at radius 3 is 2.31 bits per heavy atom. The minimum absolute atomic E-state index is 0.0165. The van der Waals surface area contributed by atoms with E-state index < -0.39 is 66.2 Å². The Morgan fingerprint density at radius 2 is 1.67 bits per heavy atom. The number of fused-ring (bicyclic) bond motifs is 1. The van der Waals surface area contributed by atoms with Gasteiger partial charge in [-0.25, -0.2) is 9.78 Å². The Hall–Kier alpha value is -4.72. The van der Waals surface area contributed by atoms with Gasteiger partial charge < -0.3 is 41.9 Å². The third-order valence-corrected chi connectivity index (χ3v) is 7.12. The van der Waals surface area contributed by atoms with Crippen molar-refractivity contribution in [3.05, 3.63) is 54.2 Å². The predicted molar refractivity (Wildman–Crippen MR) is 152 cm³/mol. The van der Waals surface area contributed by atoms with E-state index in [-0.39, 0.29) is 19.3 Å². The van der Waals surface area contributed by atoms with Gasteiger partial charge in [-0.3, -0.25) is 19.2 Å². The number of para-hydroxylation sites is 1. The summed E-state index contributed by atoms with van der Waals surface area (Å²) in [5, 5.41) is 27.0. The van der Waals surface area contributed by atoms with Gasteiger partial charge in [0.15, 0.2) is 0 Å². The standard InChI is InChI=1S/C28H37N7O7/c1-3-15(2)24(27(40)33-21(28(41)42)8-9-23(36)37)35-26(39)22(11-17-13-30-14-32-17)34-25(38)19(29)10-16-12-31-20-7-5-4-6-18(16)20/h4-7,12-15,19,21-22,24,31H,3,8-11,29H2,1-2H3,(H,30,32)(H,33,40)(H,34,38)(H,35,39)(H,36,37)(H,41,42). The van der Waals surface area contributed by atoms with E-state index in [9.17, 15) is 29.1 Å². The molecule has 0 saturated carbocycles. The van der Waals surface area contributed by atoms with E-state index in [4.69, 9.17) is 10.8 Å². The summed E-state index contributed by atoms with van der Waals surface area (Å²) in [4.78, 5) is 72.3. The first-order valence-corrected chi connectivity index (χ1v) is 13.6. The number of aliphatic carboxylic acids is 2. The second-order valence-corrected chi connectivity index (χ2v) is 10.2. The molecule has 0 spiro atoms. The number of rotatable bonds is 16. The summed E-state index contributed by atoms with van der Waals surface area (Å²) < 4.78 is 0. The van der Waals surface area contributed by atoms with Crippen molar-refractivity contribution in [2.24, 2.45) is 11.7 Å². The molecule has 3 amide bonds. The van der Waals surface area contributed by atoms with Gasteiger partial charge >= 0.3 is 11.9 Å². The van der Waals surface area contributed by atoms with Gasteiger partial charge in [-0.05, 0) is 30.4 Å². The summed E-state index contributed by atoms with van der Waals surface area (Å²) in [6.45, 7) is 3.50. The molecule has 3 rings (SSSR count). The molecule has 14 heteroatoms. The minimum atomic E-state index is -1.46. The Morgan fingerprint density at radius 1 is 0.952 bits per heavy atom. The first-order valence-electron chi connectivity index (χ1n) is 13.6. The van der Waals surface area contributed by atoms with Gasteiger partial charge in [-0.1, -0.05) is 38.5 Å². The van der Waals surface area contributed by atoms with E-state index in [1.807, 2.05) is 24.3 Å². The Labute approximate surface area is 241 Å². The number of carbonyl (C=O) groups is 5. The average molecular weight is 584 g/mol. The zero-order valence-electron chi connectivity index (χ0n) is 23.4. The number of nitrogens with two attached hydrogens (primary N) is 1. The number of aromatic nitrogens is 3. The number of benzene rings is 1. The van der Waals surface area contributed by atoms with E-state index in [2.05, 4.69) is 30.9 Å². The number of carboxylic acid groups (broad SMARTS) is 2. The SMILES string of the molecule is CCC(C)C(NC(=O)C(Cc1cnc[nH]1)NC(=O)C(N)Cc1c[nH]c2ccccc12)C(=O)NC(CCC(=O)O)C(=O)O. The van der Waals surface area contributed by atoms with E-state index in [0.29, 0.717) is 12.1 Å². The van der Waals surface area contributed by atoms with Gasteiger partial charge in [-0.15, -0.1) is 0 Å². The Kier molecular flexibility index (Phi) is 11.2. The molecule has 0 aliphatic carbocycles. The van der Waals surface area contributed by atoms with Crippen LogP contribution in [0.3, 0.4) is 0 Å². The van der Waals surface area contributed by atoms with Crippen LogP contribution in [0.15, 0.2) is 43.0 Å². The summed E-state index contributed by atoms with van der Waals surface area (Å²) in [7, 11) is 0. The van der Waals surface area contributed by atoms with Gasteiger partial charge in [0.25, 0.3) is 0 Å². The van der Waals surface area contributed by atoms with Crippen LogP contribution in [0, 0.1) is 5.92 Å². The van der Waals surface area contributed by atoms with Crippen LogP contribution in [-0.4, -0.2) is 79.0 Å². The number of hydrogen-bond acceptors (Lipinski definition) is 7. The zero-order chi connectivity index (χ0) is 30.8. The second-order valence-electron chi connectivity index (χ2n) is 10.2. The summed E-state index contributed by atoms with van der Waals surface area (Å²) >= 11 is 0. The van der Waals surface area contributed by atoms with Crippen molar-refractivity contribution < 1.29 is 34.2 Å². The third-order valence-electron chi connectivity index (χ3n) is 7.12. The molecule has 2 heterocycles. The maximum absolute atomic E-state index is 13.5. The summed E-state index contributed by atoms with van der Waals surface area (Å²) in [5.74, 6) is -5.07. The maximum atomic E-state index is 13.5. The molecule has 2 aromatic heterocycles. The zero-order valence-corrected chi connectivity index (χ0v) is 23.4. The number of H-pyrrole nitrogens is 2. The third kappa shape index (κ3) is 8.64. The normalized spacial score (nSPS) is 14.7. The van der Waals surface area contributed by atoms with Gasteiger partial charge in [-0.2, -0.15) is 0 Å². The van der Waals surface area contributed by atoms with E-state index in [1.165, 1.54) is 12.5 Å². The molecule has 9 N–H and O–H groups in total. The number of hydrogen-bond donors (Lipinski definition) is 8. The molecule has 42 heavy (non-hydrogen) atoms. The molecule has 0 radical (unpaired) electrons. The first kappa shape index (κ1) is 31.8. The highest BCUT2D eigenvalue weighted by atomic mass is 16.4. The lowest BCUT2D eigenvalue weighted by molar-refractivity contribution is -0.143. The van der Waals surface area contributed by atoms with Crippen molar-refractivity contribution in [1.82, 2.24) is 30.9 Å². The number of carboxylic acids is 2. The fraction of sp³-hybridized carbons (Fsp3) is 0.429. The van der Waals surface area contributed by atoms with Crippen molar-refractivity contribution in [1.29, 1.82) is 0 Å². The van der Waals surface area contributed by atoms with Crippen LogP contribution >= 0.6 is 0 Å². The fourth-order valence-corrected chi connectivity index (χ4v) is 4.48. The molecule has 1 aromatic carbocycles. The average Bonchev–Trinajstić information content (AvgIpc) is 3.62. The quantitative estimate of drug-likeness (QED) is 0.117. The number of nitrogens with one attached hydrogen (secondary N) is 5. The molecule has 5 unspecified atom stereocenters. The van der Waals surface area contributed by atoms with E-state index >= 15 is 0 Å². The van der Waals surface area contributed by atoms with Crippen molar-refractivity contribution in [2.75, 3.05) is 0 Å². The molecular formula is C28H37N7O7. The highest BCUT2D eigenvalue weighted by molar-refractivity contribution is 5.94. The van der Waals surface area contributed by atoms with Crippen molar-refractivity contribution >= 4 is 40.6 Å². The summed E-state index contributed by atoms with van der Waals surface area (Å²) in [6.07, 6.45) is 4.59. The molecule has 14 nitrogen and oxygen atoms in total. The number of aromatic amines is 2. The van der Waals surface area contributed by atoms with Crippen LogP contribution in [0.1, 0.15) is 44.4 Å². The van der Waals surface area contributed by atoms with Crippen molar-refractivity contribution in [3.63, 3.8) is 0 Å². The van der Waals surface area contributed by atoms with Crippen molar-refractivity contribution in [2.45, 2.75) is 70.1 Å². The van der Waals surface area contributed by atoms with Crippen LogP contribution in [0.4, 0.5) is 0 Å². The molecule has 0 aliphatic rings. The smallest absolute Gasteiger partial charge is 0.326 e. The van der Waals surface area contributed by atoms with Gasteiger partial charge in [0.2, 0.25) is 17.7 Å². The molecule has 0 saturated heterocycles. The van der Waals surface area contributed by atoms with Crippen molar-refractivity contribution in [3.8, 4) is 0 Å². The van der Waals surface area contributed by atoms with Crippen LogP contribution in [-0.2, 0) is 36.8 Å². The first-order chi connectivity index (χ1) is 20.0.